The molecule has 0 saturated carbocycles. The highest BCUT2D eigenvalue weighted by Gasteiger charge is 2.18. The molecular formula is C11H12N2OS2. The minimum Gasteiger partial charge on any atom is -0.356 e. The number of hydrogen-bond acceptors (Lipinski definition) is 5. The van der Waals surface area contributed by atoms with Crippen LogP contribution >= 0.6 is 22.7 Å². The lowest BCUT2D eigenvalue weighted by atomic mass is 10.3. The lowest BCUT2D eigenvalue weighted by molar-refractivity contribution is 0.111. The van der Waals surface area contributed by atoms with Gasteiger partial charge in [0.25, 0.3) is 0 Å². The van der Waals surface area contributed by atoms with E-state index in [1.165, 1.54) is 10.6 Å². The Morgan fingerprint density at radius 3 is 3.25 bits per heavy atom. The molecule has 3 nitrogen and oxygen atoms in total. The van der Waals surface area contributed by atoms with Crippen LogP contribution in [0.4, 0.5) is 5.69 Å². The summed E-state index contributed by atoms with van der Waals surface area (Å²) in [6.45, 7) is 4.30. The average Bonchev–Trinajstić information content (AvgIpc) is 2.87. The van der Waals surface area contributed by atoms with Gasteiger partial charge in [0, 0.05) is 5.38 Å². The molecule has 2 aromatic heterocycles. The first-order valence-electron chi connectivity index (χ1n) is 5.13. The lowest BCUT2D eigenvalue weighted by Gasteiger charge is -2.28. The lowest BCUT2D eigenvalue weighted by Crippen LogP contribution is -2.29. The zero-order valence-electron chi connectivity index (χ0n) is 8.97. The molecule has 0 aromatic carbocycles. The third-order valence-electron chi connectivity index (χ3n) is 2.56. The Morgan fingerprint density at radius 2 is 2.44 bits per heavy atom. The average molecular weight is 252 g/mol. The highest BCUT2D eigenvalue weighted by Crippen LogP contribution is 2.31. The van der Waals surface area contributed by atoms with Crippen molar-refractivity contribution in [3.05, 3.63) is 32.4 Å². The van der Waals surface area contributed by atoms with Crippen LogP contribution in [0.3, 0.4) is 0 Å². The van der Waals surface area contributed by atoms with Crippen LogP contribution in [-0.2, 0) is 17.9 Å². The van der Waals surface area contributed by atoms with Gasteiger partial charge in [-0.1, -0.05) is 0 Å². The number of thiophene rings is 1. The summed E-state index contributed by atoms with van der Waals surface area (Å²) in [5.41, 5.74) is 2.44. The zero-order chi connectivity index (χ0) is 11.0. The normalized spacial score (nSPS) is 15.2. The Balaban J connectivity index is 1.82. The van der Waals surface area contributed by atoms with E-state index >= 15 is 0 Å². The second kappa shape index (κ2) is 4.16. The van der Waals surface area contributed by atoms with Gasteiger partial charge in [0.2, 0.25) is 0 Å². The van der Waals surface area contributed by atoms with Gasteiger partial charge in [0.05, 0.1) is 34.4 Å². The van der Waals surface area contributed by atoms with Crippen LogP contribution in [0.1, 0.15) is 15.6 Å². The third-order valence-corrected chi connectivity index (χ3v) is 4.27. The Bertz CT molecular complexity index is 492. The molecule has 0 unspecified atom stereocenters. The summed E-state index contributed by atoms with van der Waals surface area (Å²) in [5.74, 6) is 0. The number of thiazole rings is 1. The number of anilines is 1. The fraction of sp³-hybridized carbons (Fsp3) is 0.364. The largest absolute Gasteiger partial charge is 0.356 e. The Kier molecular flexibility index (Phi) is 2.67. The minimum atomic E-state index is 0.667. The number of rotatable bonds is 2. The smallest absolute Gasteiger partial charge is 0.119 e. The van der Waals surface area contributed by atoms with E-state index in [1.54, 1.807) is 22.7 Å². The van der Waals surface area contributed by atoms with Crippen molar-refractivity contribution in [3.8, 4) is 0 Å². The van der Waals surface area contributed by atoms with E-state index in [-0.39, 0.29) is 0 Å². The van der Waals surface area contributed by atoms with Gasteiger partial charge in [0.1, 0.15) is 6.73 Å². The van der Waals surface area contributed by atoms with Crippen molar-refractivity contribution < 1.29 is 4.74 Å². The molecule has 3 heterocycles. The van der Waals surface area contributed by atoms with Crippen molar-refractivity contribution in [1.82, 2.24) is 4.98 Å². The molecule has 0 fully saturated rings. The first kappa shape index (κ1) is 10.3. The van der Waals surface area contributed by atoms with Gasteiger partial charge in [-0.15, -0.1) is 22.7 Å². The molecule has 1 aliphatic heterocycles. The Labute approximate surface area is 102 Å². The summed E-state index contributed by atoms with van der Waals surface area (Å²) < 4.78 is 5.56. The maximum absolute atomic E-state index is 5.56. The summed E-state index contributed by atoms with van der Waals surface area (Å²) >= 11 is 3.46. The van der Waals surface area contributed by atoms with Gasteiger partial charge in [-0.3, -0.25) is 0 Å². The maximum atomic E-state index is 5.56. The van der Waals surface area contributed by atoms with Crippen LogP contribution in [0, 0.1) is 6.92 Å². The highest BCUT2D eigenvalue weighted by molar-refractivity contribution is 7.10. The van der Waals surface area contributed by atoms with Gasteiger partial charge in [-0.25, -0.2) is 4.98 Å². The molecule has 0 saturated heterocycles. The summed E-state index contributed by atoms with van der Waals surface area (Å²) in [7, 11) is 0. The van der Waals surface area contributed by atoms with Crippen LogP contribution in [0.2, 0.25) is 0 Å². The van der Waals surface area contributed by atoms with Crippen LogP contribution in [0.5, 0.6) is 0 Å². The van der Waals surface area contributed by atoms with Crippen LogP contribution in [0.15, 0.2) is 16.8 Å². The molecular weight excluding hydrogens is 240 g/mol. The number of nitrogens with zero attached hydrogens (tertiary/aromatic N) is 2. The monoisotopic (exact) mass is 252 g/mol. The second-order valence-electron chi connectivity index (χ2n) is 3.76. The number of aromatic nitrogens is 1. The molecule has 5 heteroatoms. The standard InChI is InChI=1S/C11H12N2OS2/c1-8-12-9(6-16-8)4-13-7-14-5-11-10(13)2-3-15-11/h2-3,6H,4-5,7H2,1H3. The predicted molar refractivity (Wildman–Crippen MR) is 67.0 cm³/mol. The van der Waals surface area contributed by atoms with Gasteiger partial charge < -0.3 is 9.64 Å². The van der Waals surface area contributed by atoms with Crippen molar-refractivity contribution in [2.45, 2.75) is 20.1 Å². The molecule has 0 aliphatic carbocycles. The summed E-state index contributed by atoms with van der Waals surface area (Å²) in [6, 6.07) is 2.17. The van der Waals surface area contributed by atoms with E-state index in [2.05, 4.69) is 26.7 Å². The van der Waals surface area contributed by atoms with E-state index in [0.717, 1.165) is 23.9 Å². The fourth-order valence-electron chi connectivity index (χ4n) is 1.85. The van der Waals surface area contributed by atoms with Crippen molar-refractivity contribution in [2.24, 2.45) is 0 Å². The third kappa shape index (κ3) is 1.86. The SMILES string of the molecule is Cc1nc(CN2COCc3sccc32)cs1. The molecule has 0 atom stereocenters. The second-order valence-corrected chi connectivity index (χ2v) is 5.83. The van der Waals surface area contributed by atoms with Crippen molar-refractivity contribution in [2.75, 3.05) is 11.6 Å². The van der Waals surface area contributed by atoms with E-state index in [1.807, 2.05) is 6.92 Å². The van der Waals surface area contributed by atoms with Crippen molar-refractivity contribution in [1.29, 1.82) is 0 Å². The van der Waals surface area contributed by atoms with Crippen molar-refractivity contribution >= 4 is 28.4 Å². The maximum Gasteiger partial charge on any atom is 0.119 e. The zero-order valence-corrected chi connectivity index (χ0v) is 10.6. The topological polar surface area (TPSA) is 25.4 Å². The molecule has 3 rings (SSSR count). The van der Waals surface area contributed by atoms with Crippen LogP contribution in [-0.4, -0.2) is 11.7 Å². The van der Waals surface area contributed by atoms with Crippen LogP contribution in [0.25, 0.3) is 0 Å². The van der Waals surface area contributed by atoms with Crippen molar-refractivity contribution in [3.63, 3.8) is 0 Å². The number of aryl methyl sites for hydroxylation is 1. The van der Waals surface area contributed by atoms with E-state index in [9.17, 15) is 0 Å². The van der Waals surface area contributed by atoms with Gasteiger partial charge in [0.15, 0.2) is 0 Å². The molecule has 0 spiro atoms. The Hall–Kier alpha value is -0.910. The van der Waals surface area contributed by atoms with E-state index in [0.29, 0.717) is 6.73 Å². The molecule has 0 radical (unpaired) electrons. The Morgan fingerprint density at radius 1 is 1.50 bits per heavy atom. The summed E-state index contributed by atoms with van der Waals surface area (Å²) in [5, 5.41) is 5.37. The predicted octanol–water partition coefficient (Wildman–Crippen LogP) is 3.01. The van der Waals surface area contributed by atoms with E-state index < -0.39 is 0 Å². The summed E-state index contributed by atoms with van der Waals surface area (Å²) in [6.07, 6.45) is 0. The fourth-order valence-corrected chi connectivity index (χ4v) is 3.28. The molecule has 84 valence electrons. The molecule has 0 amide bonds. The summed E-state index contributed by atoms with van der Waals surface area (Å²) in [4.78, 5) is 8.04. The van der Waals surface area contributed by atoms with Gasteiger partial charge >= 0.3 is 0 Å². The van der Waals surface area contributed by atoms with Gasteiger partial charge in [-0.2, -0.15) is 0 Å². The number of ether oxygens (including phenoxy) is 1. The number of hydrogen-bond donors (Lipinski definition) is 0. The van der Waals surface area contributed by atoms with E-state index in [4.69, 9.17) is 4.74 Å². The van der Waals surface area contributed by atoms with Crippen LogP contribution < -0.4 is 4.90 Å². The highest BCUT2D eigenvalue weighted by atomic mass is 32.1. The first-order valence-corrected chi connectivity index (χ1v) is 6.89. The minimum absolute atomic E-state index is 0.667. The first-order chi connectivity index (χ1) is 7.83. The quantitative estimate of drug-likeness (QED) is 0.821. The molecule has 0 bridgehead atoms. The van der Waals surface area contributed by atoms with Gasteiger partial charge in [-0.05, 0) is 18.4 Å². The molecule has 2 aromatic rings. The number of fused-ring (bicyclic) bond motifs is 1. The molecule has 0 N–H and O–H groups in total. The molecule has 16 heavy (non-hydrogen) atoms. The molecule has 1 aliphatic rings.